The number of benzene rings is 1. The monoisotopic (exact) mass is 350 g/mol. The highest BCUT2D eigenvalue weighted by molar-refractivity contribution is 8.02. The average molecular weight is 351 g/mol. The number of aromatic nitrogens is 2. The summed E-state index contributed by atoms with van der Waals surface area (Å²) < 4.78 is 0.787. The molecule has 2 N–H and O–H groups in total. The van der Waals surface area contributed by atoms with Crippen molar-refractivity contribution >= 4 is 39.8 Å². The number of thioether (sulfide) groups is 1. The molecule has 0 aliphatic rings. The van der Waals surface area contributed by atoms with Gasteiger partial charge in [0.1, 0.15) is 0 Å². The minimum absolute atomic E-state index is 0.0377. The Labute approximate surface area is 145 Å². The predicted molar refractivity (Wildman–Crippen MR) is 97.7 cm³/mol. The highest BCUT2D eigenvalue weighted by Crippen LogP contribution is 2.30. The molecule has 124 valence electrons. The van der Waals surface area contributed by atoms with Crippen molar-refractivity contribution in [1.82, 2.24) is 15.5 Å². The molecule has 0 spiro atoms. The zero-order valence-electron chi connectivity index (χ0n) is 13.8. The van der Waals surface area contributed by atoms with Crippen LogP contribution in [0.2, 0.25) is 0 Å². The Bertz CT molecular complexity index is 672. The zero-order valence-corrected chi connectivity index (χ0v) is 15.5. The van der Waals surface area contributed by atoms with Crippen LogP contribution in [-0.2, 0) is 4.79 Å². The van der Waals surface area contributed by atoms with Gasteiger partial charge in [0.2, 0.25) is 11.0 Å². The van der Waals surface area contributed by atoms with Gasteiger partial charge in [-0.15, -0.1) is 10.2 Å². The Kier molecular flexibility index (Phi) is 6.41. The van der Waals surface area contributed by atoms with Crippen LogP contribution in [0.4, 0.5) is 10.8 Å². The molecule has 5 nitrogen and oxygen atoms in total. The predicted octanol–water partition coefficient (Wildman–Crippen LogP) is 3.91. The summed E-state index contributed by atoms with van der Waals surface area (Å²) in [4.78, 5) is 11.9. The Morgan fingerprint density at radius 1 is 1.30 bits per heavy atom. The largest absolute Gasteiger partial charge is 0.355 e. The summed E-state index contributed by atoms with van der Waals surface area (Å²) in [5, 5.41) is 15.0. The third-order valence-corrected chi connectivity index (χ3v) is 5.38. The second-order valence-corrected chi connectivity index (χ2v) is 7.91. The molecule has 2 aromatic rings. The van der Waals surface area contributed by atoms with E-state index in [1.54, 1.807) is 0 Å². The molecule has 0 saturated heterocycles. The lowest BCUT2D eigenvalue weighted by Crippen LogP contribution is -2.31. The number of amides is 1. The van der Waals surface area contributed by atoms with Gasteiger partial charge in [0.25, 0.3) is 0 Å². The van der Waals surface area contributed by atoms with Gasteiger partial charge in [-0.3, -0.25) is 4.79 Å². The number of carbonyl (C=O) groups is 1. The van der Waals surface area contributed by atoms with Gasteiger partial charge in [-0.2, -0.15) is 0 Å². The average Bonchev–Trinajstić information content (AvgIpc) is 2.95. The number of aryl methyl sites for hydroxylation is 2. The van der Waals surface area contributed by atoms with Gasteiger partial charge in [0.05, 0.1) is 5.25 Å². The molecule has 23 heavy (non-hydrogen) atoms. The molecule has 1 amide bonds. The molecule has 1 aromatic carbocycles. The molecule has 1 atom stereocenters. The normalized spacial score (nSPS) is 12.0. The third-order valence-electron chi connectivity index (χ3n) is 3.36. The summed E-state index contributed by atoms with van der Waals surface area (Å²) in [5.41, 5.74) is 3.49. The molecule has 2 rings (SSSR count). The van der Waals surface area contributed by atoms with E-state index >= 15 is 0 Å². The van der Waals surface area contributed by atoms with Gasteiger partial charge in [-0.1, -0.05) is 36.1 Å². The maximum atomic E-state index is 11.9. The maximum Gasteiger partial charge on any atom is 0.233 e. The van der Waals surface area contributed by atoms with E-state index in [1.165, 1.54) is 34.2 Å². The van der Waals surface area contributed by atoms with Crippen molar-refractivity contribution in [2.45, 2.75) is 43.7 Å². The summed E-state index contributed by atoms with van der Waals surface area (Å²) in [7, 11) is 0. The first-order chi connectivity index (χ1) is 11.0. The number of nitrogens with one attached hydrogen (secondary N) is 2. The lowest BCUT2D eigenvalue weighted by atomic mass is 10.1. The van der Waals surface area contributed by atoms with Crippen molar-refractivity contribution in [2.24, 2.45) is 0 Å². The van der Waals surface area contributed by atoms with E-state index in [4.69, 9.17) is 0 Å². The fraction of sp³-hybridized carbons (Fsp3) is 0.438. The Balaban J connectivity index is 1.94. The van der Waals surface area contributed by atoms with Crippen LogP contribution in [0.15, 0.2) is 22.5 Å². The lowest BCUT2D eigenvalue weighted by Gasteiger charge is -2.08. The van der Waals surface area contributed by atoms with Crippen LogP contribution in [0.5, 0.6) is 0 Å². The topological polar surface area (TPSA) is 66.9 Å². The summed E-state index contributed by atoms with van der Waals surface area (Å²) in [6, 6.07) is 6.19. The first-order valence-electron chi connectivity index (χ1n) is 7.61. The quantitative estimate of drug-likeness (QED) is 0.741. The summed E-state index contributed by atoms with van der Waals surface area (Å²) in [6.07, 6.45) is 0.936. The van der Waals surface area contributed by atoms with E-state index in [9.17, 15) is 4.79 Å². The first kappa shape index (κ1) is 17.7. The van der Waals surface area contributed by atoms with E-state index in [2.05, 4.69) is 46.8 Å². The van der Waals surface area contributed by atoms with Crippen LogP contribution >= 0.6 is 23.1 Å². The molecular weight excluding hydrogens is 328 g/mol. The van der Waals surface area contributed by atoms with E-state index in [0.29, 0.717) is 6.54 Å². The summed E-state index contributed by atoms with van der Waals surface area (Å²) in [6.45, 7) is 8.79. The lowest BCUT2D eigenvalue weighted by molar-refractivity contribution is -0.120. The van der Waals surface area contributed by atoms with Crippen molar-refractivity contribution < 1.29 is 4.79 Å². The van der Waals surface area contributed by atoms with Gasteiger partial charge < -0.3 is 10.6 Å². The molecule has 0 radical (unpaired) electrons. The molecule has 0 saturated carbocycles. The summed E-state index contributed by atoms with van der Waals surface area (Å²) in [5.74, 6) is 0.0377. The Morgan fingerprint density at radius 2 is 2.09 bits per heavy atom. The second kappa shape index (κ2) is 8.31. The molecule has 0 aliphatic carbocycles. The minimum Gasteiger partial charge on any atom is -0.355 e. The van der Waals surface area contributed by atoms with Crippen LogP contribution in [-0.4, -0.2) is 27.9 Å². The van der Waals surface area contributed by atoms with Gasteiger partial charge >= 0.3 is 0 Å². The van der Waals surface area contributed by atoms with Crippen LogP contribution in [0.25, 0.3) is 0 Å². The number of hydrogen-bond acceptors (Lipinski definition) is 6. The minimum atomic E-state index is -0.177. The number of anilines is 2. The molecule has 7 heteroatoms. The van der Waals surface area contributed by atoms with Crippen LogP contribution < -0.4 is 10.6 Å². The number of nitrogens with zero attached hydrogens (tertiary/aromatic N) is 2. The van der Waals surface area contributed by atoms with E-state index in [1.807, 2.05) is 19.9 Å². The van der Waals surface area contributed by atoms with Crippen LogP contribution in [0.3, 0.4) is 0 Å². The van der Waals surface area contributed by atoms with Crippen molar-refractivity contribution in [1.29, 1.82) is 0 Å². The first-order valence-corrected chi connectivity index (χ1v) is 9.31. The highest BCUT2D eigenvalue weighted by atomic mass is 32.2. The van der Waals surface area contributed by atoms with Crippen LogP contribution in [0, 0.1) is 13.8 Å². The maximum absolute atomic E-state index is 11.9. The number of carbonyl (C=O) groups excluding carboxylic acids is 1. The molecule has 1 unspecified atom stereocenters. The smallest absolute Gasteiger partial charge is 0.233 e. The number of hydrogen-bond donors (Lipinski definition) is 2. The molecule has 1 heterocycles. The number of rotatable bonds is 7. The fourth-order valence-corrected chi connectivity index (χ4v) is 3.79. The van der Waals surface area contributed by atoms with Gasteiger partial charge in [-0.05, 0) is 50.5 Å². The second-order valence-electron chi connectivity index (χ2n) is 5.35. The Morgan fingerprint density at radius 3 is 2.78 bits per heavy atom. The molecule has 0 bridgehead atoms. The molecule has 0 aliphatic heterocycles. The van der Waals surface area contributed by atoms with E-state index in [0.717, 1.165) is 21.6 Å². The Hall–Kier alpha value is -1.60. The zero-order chi connectivity index (χ0) is 16.8. The SMILES string of the molecule is CCCNC(=O)C(C)Sc1nnc(Nc2ccc(C)c(C)c2)s1. The summed E-state index contributed by atoms with van der Waals surface area (Å²) >= 11 is 2.89. The standard InChI is InChI=1S/C16H22N4OS2/c1-5-8-17-14(21)12(4)22-16-20-19-15(23-16)18-13-7-6-10(2)11(3)9-13/h6-7,9,12H,5,8H2,1-4H3,(H,17,21)(H,18,19). The third kappa shape index (κ3) is 5.21. The van der Waals surface area contributed by atoms with Crippen molar-refractivity contribution in [2.75, 3.05) is 11.9 Å². The van der Waals surface area contributed by atoms with Gasteiger partial charge in [0, 0.05) is 12.2 Å². The highest BCUT2D eigenvalue weighted by Gasteiger charge is 2.16. The van der Waals surface area contributed by atoms with Crippen molar-refractivity contribution in [3.63, 3.8) is 0 Å². The van der Waals surface area contributed by atoms with E-state index < -0.39 is 0 Å². The van der Waals surface area contributed by atoms with Gasteiger partial charge in [-0.25, -0.2) is 0 Å². The fourth-order valence-electron chi connectivity index (χ4n) is 1.85. The molecular formula is C16H22N4OS2. The molecule has 1 aromatic heterocycles. The van der Waals surface area contributed by atoms with E-state index in [-0.39, 0.29) is 11.2 Å². The van der Waals surface area contributed by atoms with Gasteiger partial charge in [0.15, 0.2) is 4.34 Å². The van der Waals surface area contributed by atoms with Crippen molar-refractivity contribution in [3.05, 3.63) is 29.3 Å². The van der Waals surface area contributed by atoms with Crippen molar-refractivity contribution in [3.8, 4) is 0 Å². The van der Waals surface area contributed by atoms with Crippen LogP contribution in [0.1, 0.15) is 31.4 Å². The molecule has 0 fully saturated rings.